The number of alkyl halides is 3. The van der Waals surface area contributed by atoms with Gasteiger partial charge in [0.1, 0.15) is 0 Å². The summed E-state index contributed by atoms with van der Waals surface area (Å²) in [7, 11) is 0. The number of hydrogen-bond acceptors (Lipinski definition) is 3. The number of hydrogen-bond donors (Lipinski definition) is 1. The van der Waals surface area contributed by atoms with Crippen LogP contribution in [0.1, 0.15) is 32.6 Å². The number of fused-ring (bicyclic) bond motifs is 1. The molecule has 2 heterocycles. The van der Waals surface area contributed by atoms with Gasteiger partial charge in [0.25, 0.3) is 5.91 Å². The Labute approximate surface area is 201 Å². The largest absolute Gasteiger partial charge is 0.416 e. The summed E-state index contributed by atoms with van der Waals surface area (Å²) in [5.41, 5.74) is 4.99. The Morgan fingerprint density at radius 2 is 1.69 bits per heavy atom. The van der Waals surface area contributed by atoms with Gasteiger partial charge in [-0.2, -0.15) is 13.2 Å². The highest BCUT2D eigenvalue weighted by molar-refractivity contribution is 6.08. The van der Waals surface area contributed by atoms with Gasteiger partial charge >= 0.3 is 6.18 Å². The highest BCUT2D eigenvalue weighted by atomic mass is 19.4. The van der Waals surface area contributed by atoms with E-state index in [1.165, 1.54) is 17.7 Å². The average molecular weight is 473 g/mol. The maximum Gasteiger partial charge on any atom is 0.416 e. The summed E-state index contributed by atoms with van der Waals surface area (Å²) in [6, 6.07) is 21.6. The fraction of sp³-hybridized carbons (Fsp3) is 0.143. The molecule has 0 bridgehead atoms. The summed E-state index contributed by atoms with van der Waals surface area (Å²) in [5, 5.41) is 2.95. The van der Waals surface area contributed by atoms with Crippen molar-refractivity contribution in [2.45, 2.75) is 25.8 Å². The van der Waals surface area contributed by atoms with Crippen LogP contribution in [0.25, 0.3) is 11.1 Å². The average Bonchev–Trinajstić information content (AvgIpc) is 3.25. The lowest BCUT2D eigenvalue weighted by Crippen LogP contribution is -2.15. The molecule has 1 aromatic heterocycles. The minimum Gasteiger partial charge on any atom is -0.322 e. The molecule has 176 valence electrons. The third-order valence-electron chi connectivity index (χ3n) is 6.08. The van der Waals surface area contributed by atoms with E-state index in [0.29, 0.717) is 22.4 Å². The van der Waals surface area contributed by atoms with Crippen molar-refractivity contribution >= 4 is 11.6 Å². The van der Waals surface area contributed by atoms with Crippen molar-refractivity contribution in [1.29, 1.82) is 0 Å². The molecular formula is C28H22F3N3O. The monoisotopic (exact) mass is 473 g/mol. The SMILES string of the molecule is O=C(Nc1ccc2c(c1)CN(Cc1cccnc1)C2)c1ccccc1-c1ccc(C(F)(F)F)cc1. The van der Waals surface area contributed by atoms with Gasteiger partial charge in [-0.15, -0.1) is 0 Å². The van der Waals surface area contributed by atoms with E-state index >= 15 is 0 Å². The molecular weight excluding hydrogens is 451 g/mol. The van der Waals surface area contributed by atoms with E-state index in [0.717, 1.165) is 42.9 Å². The molecule has 1 N–H and O–H groups in total. The van der Waals surface area contributed by atoms with E-state index in [-0.39, 0.29) is 5.91 Å². The number of halogens is 3. The van der Waals surface area contributed by atoms with Gasteiger partial charge in [0.2, 0.25) is 0 Å². The molecule has 0 aliphatic carbocycles. The van der Waals surface area contributed by atoms with Gasteiger partial charge in [0.05, 0.1) is 5.56 Å². The van der Waals surface area contributed by atoms with Gasteiger partial charge in [0, 0.05) is 43.3 Å². The number of carbonyl (C=O) groups is 1. The van der Waals surface area contributed by atoms with Crippen LogP contribution in [-0.2, 0) is 25.8 Å². The molecule has 1 aliphatic rings. The predicted molar refractivity (Wildman–Crippen MR) is 128 cm³/mol. The zero-order valence-electron chi connectivity index (χ0n) is 18.7. The second kappa shape index (κ2) is 9.35. The molecule has 4 aromatic rings. The number of nitrogens with zero attached hydrogens (tertiary/aromatic N) is 2. The Morgan fingerprint density at radius 3 is 2.43 bits per heavy atom. The zero-order chi connectivity index (χ0) is 24.4. The summed E-state index contributed by atoms with van der Waals surface area (Å²) in [6.45, 7) is 2.40. The van der Waals surface area contributed by atoms with Crippen molar-refractivity contribution in [3.05, 3.63) is 119 Å². The highest BCUT2D eigenvalue weighted by Gasteiger charge is 2.30. The van der Waals surface area contributed by atoms with Crippen LogP contribution in [0.3, 0.4) is 0 Å². The van der Waals surface area contributed by atoms with Gasteiger partial charge < -0.3 is 5.32 Å². The first-order chi connectivity index (χ1) is 16.9. The molecule has 3 aromatic carbocycles. The van der Waals surface area contributed by atoms with Gasteiger partial charge in [-0.05, 0) is 64.2 Å². The third kappa shape index (κ3) is 5.10. The lowest BCUT2D eigenvalue weighted by molar-refractivity contribution is -0.137. The van der Waals surface area contributed by atoms with Crippen LogP contribution in [0.5, 0.6) is 0 Å². The molecule has 35 heavy (non-hydrogen) atoms. The Bertz CT molecular complexity index is 1350. The molecule has 0 fully saturated rings. The first-order valence-electron chi connectivity index (χ1n) is 11.2. The molecule has 0 saturated carbocycles. The number of rotatable bonds is 5. The highest BCUT2D eigenvalue weighted by Crippen LogP contribution is 2.32. The number of carbonyl (C=O) groups excluding carboxylic acids is 1. The van der Waals surface area contributed by atoms with E-state index in [1.807, 2.05) is 30.5 Å². The van der Waals surface area contributed by atoms with Crippen molar-refractivity contribution in [3.8, 4) is 11.1 Å². The normalized spacial score (nSPS) is 13.5. The second-order valence-corrected chi connectivity index (χ2v) is 8.56. The van der Waals surface area contributed by atoms with E-state index in [1.54, 1.807) is 30.5 Å². The second-order valence-electron chi connectivity index (χ2n) is 8.56. The molecule has 0 saturated heterocycles. The van der Waals surface area contributed by atoms with Crippen molar-refractivity contribution in [2.24, 2.45) is 0 Å². The minimum absolute atomic E-state index is 0.314. The predicted octanol–water partition coefficient (Wildman–Crippen LogP) is 6.54. The minimum atomic E-state index is -4.41. The first kappa shape index (κ1) is 22.8. The number of anilines is 1. The smallest absolute Gasteiger partial charge is 0.322 e. The fourth-order valence-electron chi connectivity index (χ4n) is 4.37. The number of aromatic nitrogens is 1. The standard InChI is InChI=1S/C28H22F3N3O/c29-28(30,31)23-10-7-20(8-11-23)25-5-1-2-6-26(25)27(35)33-24-12-9-21-17-34(18-22(21)14-24)16-19-4-3-13-32-15-19/h1-15H,16-18H2,(H,33,35). The quantitative estimate of drug-likeness (QED) is 0.358. The molecule has 5 rings (SSSR count). The third-order valence-corrected chi connectivity index (χ3v) is 6.08. The maximum atomic E-state index is 13.1. The molecule has 7 heteroatoms. The maximum absolute atomic E-state index is 13.1. The van der Waals surface area contributed by atoms with E-state index < -0.39 is 11.7 Å². The van der Waals surface area contributed by atoms with Crippen molar-refractivity contribution in [2.75, 3.05) is 5.32 Å². The van der Waals surface area contributed by atoms with Gasteiger partial charge in [-0.1, -0.05) is 42.5 Å². The Morgan fingerprint density at radius 1 is 0.914 bits per heavy atom. The zero-order valence-corrected chi connectivity index (χ0v) is 18.7. The Kier molecular flexibility index (Phi) is 6.09. The number of pyridine rings is 1. The van der Waals surface area contributed by atoms with Crippen molar-refractivity contribution < 1.29 is 18.0 Å². The van der Waals surface area contributed by atoms with Crippen LogP contribution < -0.4 is 5.32 Å². The van der Waals surface area contributed by atoms with Gasteiger partial charge in [-0.3, -0.25) is 14.7 Å². The number of amides is 1. The molecule has 1 amide bonds. The lowest BCUT2D eigenvalue weighted by Gasteiger charge is -2.14. The van der Waals surface area contributed by atoms with Crippen LogP contribution >= 0.6 is 0 Å². The Hall–Kier alpha value is -3.97. The summed E-state index contributed by atoms with van der Waals surface area (Å²) in [4.78, 5) is 19.6. The van der Waals surface area contributed by atoms with E-state index in [9.17, 15) is 18.0 Å². The van der Waals surface area contributed by atoms with Crippen LogP contribution in [0.2, 0.25) is 0 Å². The van der Waals surface area contributed by atoms with Gasteiger partial charge in [-0.25, -0.2) is 0 Å². The summed E-state index contributed by atoms with van der Waals surface area (Å²) in [5.74, 6) is -0.314. The molecule has 0 atom stereocenters. The molecule has 0 spiro atoms. The van der Waals surface area contributed by atoms with Crippen molar-refractivity contribution in [3.63, 3.8) is 0 Å². The fourth-order valence-corrected chi connectivity index (χ4v) is 4.37. The molecule has 1 aliphatic heterocycles. The molecule has 4 nitrogen and oxygen atoms in total. The molecule has 0 unspecified atom stereocenters. The summed E-state index contributed by atoms with van der Waals surface area (Å²) < 4.78 is 38.8. The number of benzene rings is 3. The summed E-state index contributed by atoms with van der Waals surface area (Å²) >= 11 is 0. The van der Waals surface area contributed by atoms with E-state index in [4.69, 9.17) is 0 Å². The van der Waals surface area contributed by atoms with Crippen LogP contribution in [0.4, 0.5) is 18.9 Å². The van der Waals surface area contributed by atoms with Crippen molar-refractivity contribution in [1.82, 2.24) is 9.88 Å². The molecule has 0 radical (unpaired) electrons. The van der Waals surface area contributed by atoms with Crippen LogP contribution in [-0.4, -0.2) is 15.8 Å². The number of nitrogens with one attached hydrogen (secondary N) is 1. The lowest BCUT2D eigenvalue weighted by atomic mass is 9.98. The van der Waals surface area contributed by atoms with Gasteiger partial charge in [0.15, 0.2) is 0 Å². The Balaban J connectivity index is 1.32. The topological polar surface area (TPSA) is 45.2 Å². The first-order valence-corrected chi connectivity index (χ1v) is 11.2. The van der Waals surface area contributed by atoms with Crippen LogP contribution in [0, 0.1) is 0 Å². The van der Waals surface area contributed by atoms with E-state index in [2.05, 4.69) is 21.3 Å². The van der Waals surface area contributed by atoms with Crippen LogP contribution in [0.15, 0.2) is 91.3 Å². The summed E-state index contributed by atoms with van der Waals surface area (Å²) in [6.07, 6.45) is -0.786.